The van der Waals surface area contributed by atoms with E-state index in [0.717, 1.165) is 31.2 Å². The molecule has 1 spiro atoms. The van der Waals surface area contributed by atoms with Gasteiger partial charge in [-0.05, 0) is 61.6 Å². The number of carbonyl (C=O) groups is 3. The summed E-state index contributed by atoms with van der Waals surface area (Å²) in [7, 11) is 0. The summed E-state index contributed by atoms with van der Waals surface area (Å²) >= 11 is 0. The van der Waals surface area contributed by atoms with E-state index in [1.807, 2.05) is 6.07 Å². The van der Waals surface area contributed by atoms with Crippen LogP contribution in [0.15, 0.2) is 18.2 Å². The van der Waals surface area contributed by atoms with Crippen molar-refractivity contribution in [2.75, 3.05) is 6.54 Å². The van der Waals surface area contributed by atoms with Crippen molar-refractivity contribution in [1.82, 2.24) is 16.0 Å². The molecule has 3 saturated carbocycles. The Morgan fingerprint density at radius 1 is 1.12 bits per heavy atom. The Balaban J connectivity index is 1.13. The Morgan fingerprint density at radius 3 is 2.62 bits per heavy atom. The summed E-state index contributed by atoms with van der Waals surface area (Å²) in [5.74, 6) is 0.191. The standard InChI is InChI=1S/C20H23N3O3/c24-17(12-2-1-11-3-6-21-18(25)15(11)7-12)22-13-8-14(9-13)23-19(26)16-10-20(16)4-5-20/h1-2,7,13-14,16H,3-6,8-10H2,(H,21,25)(H,22,24)(H,23,26). The van der Waals surface area contributed by atoms with E-state index < -0.39 is 0 Å². The van der Waals surface area contributed by atoms with Crippen LogP contribution in [0.3, 0.4) is 0 Å². The van der Waals surface area contributed by atoms with Crippen molar-refractivity contribution in [3.63, 3.8) is 0 Å². The molecule has 3 N–H and O–H groups in total. The first kappa shape index (κ1) is 15.9. The lowest BCUT2D eigenvalue weighted by molar-refractivity contribution is -0.124. The highest BCUT2D eigenvalue weighted by Gasteiger charge is 2.65. The molecule has 0 saturated heterocycles. The van der Waals surface area contributed by atoms with Crippen LogP contribution >= 0.6 is 0 Å². The SMILES string of the molecule is O=C(NC1CC(NC(=O)C2CC23CC3)C1)c1ccc2c(c1)C(=O)NCC2. The average Bonchev–Trinajstić information content (AvgIpc) is 3.52. The second-order valence-electron chi connectivity index (χ2n) is 8.34. The van der Waals surface area contributed by atoms with Crippen molar-refractivity contribution in [2.24, 2.45) is 11.3 Å². The summed E-state index contributed by atoms with van der Waals surface area (Å²) < 4.78 is 0. The zero-order chi connectivity index (χ0) is 17.9. The van der Waals surface area contributed by atoms with E-state index in [4.69, 9.17) is 0 Å². The maximum atomic E-state index is 12.5. The van der Waals surface area contributed by atoms with Gasteiger partial charge in [0.1, 0.15) is 0 Å². The third kappa shape index (κ3) is 2.68. The molecule has 4 aliphatic rings. The Labute approximate surface area is 152 Å². The summed E-state index contributed by atoms with van der Waals surface area (Å²) in [6, 6.07) is 5.60. The third-order valence-electron chi connectivity index (χ3n) is 6.51. The number of amides is 3. The average molecular weight is 353 g/mol. The molecule has 1 unspecified atom stereocenters. The zero-order valence-electron chi connectivity index (χ0n) is 14.6. The number of fused-ring (bicyclic) bond motifs is 1. The predicted octanol–water partition coefficient (Wildman–Crippen LogP) is 1.15. The van der Waals surface area contributed by atoms with Gasteiger partial charge in [0.15, 0.2) is 0 Å². The summed E-state index contributed by atoms with van der Waals surface area (Å²) in [6.07, 6.45) is 5.86. The molecule has 0 bridgehead atoms. The van der Waals surface area contributed by atoms with Crippen molar-refractivity contribution in [3.05, 3.63) is 34.9 Å². The van der Waals surface area contributed by atoms with Gasteiger partial charge in [-0.15, -0.1) is 0 Å². The van der Waals surface area contributed by atoms with Gasteiger partial charge in [-0.3, -0.25) is 14.4 Å². The van der Waals surface area contributed by atoms with E-state index in [2.05, 4.69) is 16.0 Å². The van der Waals surface area contributed by atoms with Crippen molar-refractivity contribution in [3.8, 4) is 0 Å². The molecule has 0 radical (unpaired) electrons. The highest BCUT2D eigenvalue weighted by molar-refractivity contribution is 6.01. The van der Waals surface area contributed by atoms with Crippen LogP contribution < -0.4 is 16.0 Å². The second kappa shape index (κ2) is 5.56. The highest BCUT2D eigenvalue weighted by atomic mass is 16.2. The molecule has 1 aliphatic heterocycles. The minimum atomic E-state index is -0.153. The van der Waals surface area contributed by atoms with Crippen LogP contribution in [-0.2, 0) is 11.2 Å². The maximum Gasteiger partial charge on any atom is 0.251 e. The highest BCUT2D eigenvalue weighted by Crippen LogP contribution is 2.70. The van der Waals surface area contributed by atoms with Gasteiger partial charge in [0, 0.05) is 35.7 Å². The van der Waals surface area contributed by atoms with Crippen LogP contribution in [-0.4, -0.2) is 36.3 Å². The summed E-state index contributed by atoms with van der Waals surface area (Å²) in [5.41, 5.74) is 2.49. The van der Waals surface area contributed by atoms with E-state index in [1.54, 1.807) is 12.1 Å². The second-order valence-corrected chi connectivity index (χ2v) is 8.34. The summed E-state index contributed by atoms with van der Waals surface area (Å²) in [4.78, 5) is 36.5. The van der Waals surface area contributed by atoms with Gasteiger partial charge < -0.3 is 16.0 Å². The van der Waals surface area contributed by atoms with Crippen molar-refractivity contribution in [1.29, 1.82) is 0 Å². The largest absolute Gasteiger partial charge is 0.353 e. The molecule has 1 heterocycles. The molecule has 3 aliphatic carbocycles. The minimum Gasteiger partial charge on any atom is -0.353 e. The van der Waals surface area contributed by atoms with E-state index in [-0.39, 0.29) is 35.7 Å². The zero-order valence-corrected chi connectivity index (χ0v) is 14.6. The van der Waals surface area contributed by atoms with E-state index >= 15 is 0 Å². The lowest BCUT2D eigenvalue weighted by Gasteiger charge is -2.36. The molecule has 0 aromatic heterocycles. The number of rotatable bonds is 4. The molecular weight excluding hydrogens is 330 g/mol. The minimum absolute atomic E-state index is 0.0896. The van der Waals surface area contributed by atoms with Gasteiger partial charge in [-0.2, -0.15) is 0 Å². The third-order valence-corrected chi connectivity index (χ3v) is 6.51. The van der Waals surface area contributed by atoms with Crippen LogP contribution in [0.4, 0.5) is 0 Å². The van der Waals surface area contributed by atoms with Crippen LogP contribution in [0.1, 0.15) is 58.4 Å². The van der Waals surface area contributed by atoms with Crippen LogP contribution in [0, 0.1) is 11.3 Å². The smallest absolute Gasteiger partial charge is 0.251 e. The number of hydrogen-bond donors (Lipinski definition) is 3. The molecule has 5 rings (SSSR count). The molecule has 6 heteroatoms. The molecule has 1 aromatic carbocycles. The van der Waals surface area contributed by atoms with Gasteiger partial charge in [-0.1, -0.05) is 6.07 Å². The van der Waals surface area contributed by atoms with E-state index in [9.17, 15) is 14.4 Å². The first-order chi connectivity index (χ1) is 12.5. The molecule has 3 amide bonds. The van der Waals surface area contributed by atoms with E-state index in [0.29, 0.717) is 23.1 Å². The van der Waals surface area contributed by atoms with Crippen molar-refractivity contribution in [2.45, 2.75) is 50.6 Å². The number of benzene rings is 1. The van der Waals surface area contributed by atoms with E-state index in [1.165, 1.54) is 12.8 Å². The molecule has 1 aromatic rings. The Hall–Kier alpha value is -2.37. The fourth-order valence-electron chi connectivity index (χ4n) is 4.41. The first-order valence-electron chi connectivity index (χ1n) is 9.56. The monoisotopic (exact) mass is 353 g/mol. The van der Waals surface area contributed by atoms with Gasteiger partial charge in [0.2, 0.25) is 5.91 Å². The summed E-state index contributed by atoms with van der Waals surface area (Å²) in [5, 5.41) is 8.93. The molecular formula is C20H23N3O3. The molecule has 136 valence electrons. The number of hydrogen-bond acceptors (Lipinski definition) is 3. The van der Waals surface area contributed by atoms with Crippen molar-refractivity contribution < 1.29 is 14.4 Å². The number of nitrogens with one attached hydrogen (secondary N) is 3. The fourth-order valence-corrected chi connectivity index (χ4v) is 4.41. The Morgan fingerprint density at radius 2 is 1.88 bits per heavy atom. The predicted molar refractivity (Wildman–Crippen MR) is 94.7 cm³/mol. The maximum absolute atomic E-state index is 12.5. The lowest BCUT2D eigenvalue weighted by Crippen LogP contribution is -2.54. The van der Waals surface area contributed by atoms with Crippen molar-refractivity contribution >= 4 is 17.7 Å². The normalized spacial score (nSPS) is 29.8. The quantitative estimate of drug-likeness (QED) is 0.759. The van der Waals surface area contributed by atoms with Gasteiger partial charge in [0.05, 0.1) is 0 Å². The topological polar surface area (TPSA) is 87.3 Å². The van der Waals surface area contributed by atoms with Gasteiger partial charge >= 0.3 is 0 Å². The van der Waals surface area contributed by atoms with Crippen LogP contribution in [0.2, 0.25) is 0 Å². The molecule has 1 atom stereocenters. The van der Waals surface area contributed by atoms with Gasteiger partial charge in [-0.25, -0.2) is 0 Å². The van der Waals surface area contributed by atoms with Crippen LogP contribution in [0.25, 0.3) is 0 Å². The Bertz CT molecular complexity index is 809. The molecule has 26 heavy (non-hydrogen) atoms. The Kier molecular flexibility index (Phi) is 3.39. The molecule has 3 fully saturated rings. The first-order valence-corrected chi connectivity index (χ1v) is 9.56. The summed E-state index contributed by atoms with van der Waals surface area (Å²) in [6.45, 7) is 0.647. The molecule has 6 nitrogen and oxygen atoms in total. The number of carbonyl (C=O) groups excluding carboxylic acids is 3. The van der Waals surface area contributed by atoms with Crippen LogP contribution in [0.5, 0.6) is 0 Å². The van der Waals surface area contributed by atoms with Gasteiger partial charge in [0.25, 0.3) is 11.8 Å². The lowest BCUT2D eigenvalue weighted by atomic mass is 9.86. The fraction of sp³-hybridized carbons (Fsp3) is 0.550.